The van der Waals surface area contributed by atoms with Crippen LogP contribution >= 0.6 is 11.6 Å². The molecule has 100 valence electrons. The highest BCUT2D eigenvalue weighted by Gasteiger charge is 2.37. The lowest BCUT2D eigenvalue weighted by Gasteiger charge is -2.23. The summed E-state index contributed by atoms with van der Waals surface area (Å²) in [5.41, 5.74) is 1.67. The molecule has 1 aromatic heterocycles. The number of aromatic nitrogens is 2. The van der Waals surface area contributed by atoms with Crippen molar-refractivity contribution in [1.29, 1.82) is 0 Å². The van der Waals surface area contributed by atoms with Gasteiger partial charge in [-0.1, -0.05) is 18.5 Å². The Kier molecular flexibility index (Phi) is 3.64. The molecule has 0 aromatic carbocycles. The third-order valence-corrected chi connectivity index (χ3v) is 4.16. The van der Waals surface area contributed by atoms with Gasteiger partial charge < -0.3 is 5.11 Å². The second-order valence-corrected chi connectivity index (χ2v) is 5.37. The molecule has 1 aromatic rings. The molecule has 1 aliphatic heterocycles. The minimum absolute atomic E-state index is 0.176. The summed E-state index contributed by atoms with van der Waals surface area (Å²) in [6, 6.07) is -0.420. The molecule has 1 fully saturated rings. The lowest BCUT2D eigenvalue weighted by Crippen LogP contribution is -2.38. The van der Waals surface area contributed by atoms with Crippen LogP contribution in [-0.2, 0) is 18.4 Å². The van der Waals surface area contributed by atoms with E-state index in [0.29, 0.717) is 11.6 Å². The van der Waals surface area contributed by atoms with Crippen LogP contribution in [0.15, 0.2) is 0 Å². The van der Waals surface area contributed by atoms with Crippen molar-refractivity contribution in [2.75, 3.05) is 6.54 Å². The summed E-state index contributed by atoms with van der Waals surface area (Å²) in [5.74, 6) is -0.578. The van der Waals surface area contributed by atoms with Crippen LogP contribution < -0.4 is 0 Å². The maximum Gasteiger partial charge on any atom is 0.321 e. The van der Waals surface area contributed by atoms with Crippen molar-refractivity contribution in [1.82, 2.24) is 14.7 Å². The van der Waals surface area contributed by atoms with Gasteiger partial charge in [0.15, 0.2) is 0 Å². The molecule has 1 aliphatic rings. The zero-order valence-corrected chi connectivity index (χ0v) is 11.6. The van der Waals surface area contributed by atoms with E-state index in [1.807, 2.05) is 25.8 Å². The minimum atomic E-state index is -0.755. The molecule has 5 nitrogen and oxygen atoms in total. The summed E-state index contributed by atoms with van der Waals surface area (Å²) in [5, 5.41) is 14.2. The lowest BCUT2D eigenvalue weighted by atomic mass is 10.0. The van der Waals surface area contributed by atoms with Crippen molar-refractivity contribution in [3.63, 3.8) is 0 Å². The van der Waals surface area contributed by atoms with E-state index in [-0.39, 0.29) is 5.92 Å². The highest BCUT2D eigenvalue weighted by atomic mass is 35.5. The molecule has 0 aliphatic carbocycles. The molecule has 1 saturated heterocycles. The van der Waals surface area contributed by atoms with Gasteiger partial charge in [0.25, 0.3) is 0 Å². The summed E-state index contributed by atoms with van der Waals surface area (Å²) in [6.45, 7) is 5.16. The van der Waals surface area contributed by atoms with E-state index in [1.165, 1.54) is 0 Å². The maximum atomic E-state index is 11.3. The van der Waals surface area contributed by atoms with Crippen molar-refractivity contribution in [2.45, 2.75) is 32.9 Å². The van der Waals surface area contributed by atoms with Crippen molar-refractivity contribution in [2.24, 2.45) is 13.0 Å². The molecule has 0 spiro atoms. The van der Waals surface area contributed by atoms with Crippen LogP contribution in [0, 0.1) is 12.8 Å². The highest BCUT2D eigenvalue weighted by molar-refractivity contribution is 6.31. The maximum absolute atomic E-state index is 11.3. The van der Waals surface area contributed by atoms with Crippen LogP contribution in [0.3, 0.4) is 0 Å². The smallest absolute Gasteiger partial charge is 0.321 e. The topological polar surface area (TPSA) is 58.4 Å². The molecule has 2 rings (SSSR count). The first-order chi connectivity index (χ1) is 8.41. The first-order valence-corrected chi connectivity index (χ1v) is 6.44. The number of halogens is 1. The van der Waals surface area contributed by atoms with Crippen molar-refractivity contribution in [3.8, 4) is 0 Å². The van der Waals surface area contributed by atoms with Gasteiger partial charge in [-0.05, 0) is 25.8 Å². The Labute approximate surface area is 111 Å². The first kappa shape index (κ1) is 13.4. The number of carboxylic acid groups (broad SMARTS) is 1. The number of carbonyl (C=O) groups is 1. The SMILES string of the molecule is Cc1nn(C)c(CN2CCC(C)C2C(=O)O)c1Cl. The molecule has 1 N–H and O–H groups in total. The fraction of sp³-hybridized carbons (Fsp3) is 0.667. The minimum Gasteiger partial charge on any atom is -0.480 e. The number of hydrogen-bond acceptors (Lipinski definition) is 3. The number of carboxylic acids is 1. The third kappa shape index (κ3) is 2.24. The van der Waals surface area contributed by atoms with Gasteiger partial charge in [-0.2, -0.15) is 5.10 Å². The van der Waals surface area contributed by atoms with Crippen LogP contribution in [0.1, 0.15) is 24.7 Å². The van der Waals surface area contributed by atoms with Crippen LogP contribution in [0.2, 0.25) is 5.02 Å². The zero-order chi connectivity index (χ0) is 13.4. The van der Waals surface area contributed by atoms with Gasteiger partial charge in [-0.15, -0.1) is 0 Å². The van der Waals surface area contributed by atoms with E-state index in [0.717, 1.165) is 24.4 Å². The van der Waals surface area contributed by atoms with Crippen molar-refractivity contribution in [3.05, 3.63) is 16.4 Å². The van der Waals surface area contributed by atoms with E-state index in [1.54, 1.807) is 4.68 Å². The number of rotatable bonds is 3. The normalized spacial score (nSPS) is 24.7. The van der Waals surface area contributed by atoms with Gasteiger partial charge in [0, 0.05) is 13.6 Å². The predicted octanol–water partition coefficient (Wildman–Crippen LogP) is 1.68. The van der Waals surface area contributed by atoms with Gasteiger partial charge in [-0.25, -0.2) is 0 Å². The van der Waals surface area contributed by atoms with Gasteiger partial charge >= 0.3 is 5.97 Å². The summed E-state index contributed by atoms with van der Waals surface area (Å²) >= 11 is 6.20. The van der Waals surface area contributed by atoms with E-state index in [9.17, 15) is 9.90 Å². The highest BCUT2D eigenvalue weighted by Crippen LogP contribution is 2.28. The summed E-state index contributed by atoms with van der Waals surface area (Å²) in [7, 11) is 1.84. The van der Waals surface area contributed by atoms with Crippen molar-refractivity contribution >= 4 is 17.6 Å². The fourth-order valence-corrected chi connectivity index (χ4v) is 2.87. The first-order valence-electron chi connectivity index (χ1n) is 6.06. The number of nitrogens with zero attached hydrogens (tertiary/aromatic N) is 3. The summed E-state index contributed by atoms with van der Waals surface area (Å²) in [4.78, 5) is 13.3. The van der Waals surface area contributed by atoms with Gasteiger partial charge in [0.2, 0.25) is 0 Å². The van der Waals surface area contributed by atoms with Crippen LogP contribution in [0.4, 0.5) is 0 Å². The van der Waals surface area contributed by atoms with E-state index < -0.39 is 12.0 Å². The average Bonchev–Trinajstić information content (AvgIpc) is 2.75. The van der Waals surface area contributed by atoms with E-state index in [4.69, 9.17) is 11.6 Å². The molecule has 2 heterocycles. The molecule has 0 saturated carbocycles. The third-order valence-electron chi connectivity index (χ3n) is 3.67. The molecule has 6 heteroatoms. The molecular weight excluding hydrogens is 254 g/mol. The quantitative estimate of drug-likeness (QED) is 0.909. The number of aryl methyl sites for hydroxylation is 2. The van der Waals surface area contributed by atoms with Gasteiger partial charge in [-0.3, -0.25) is 14.4 Å². The Balaban J connectivity index is 2.21. The molecule has 0 amide bonds. The Morgan fingerprint density at radius 1 is 1.61 bits per heavy atom. The summed E-state index contributed by atoms with van der Waals surface area (Å²) in [6.07, 6.45) is 0.908. The number of likely N-dealkylation sites (tertiary alicyclic amines) is 1. The van der Waals surface area contributed by atoms with Crippen molar-refractivity contribution < 1.29 is 9.90 Å². The molecular formula is C12H18ClN3O2. The molecule has 18 heavy (non-hydrogen) atoms. The molecule has 0 bridgehead atoms. The van der Waals surface area contributed by atoms with Crippen LogP contribution in [-0.4, -0.2) is 38.3 Å². The van der Waals surface area contributed by atoms with Gasteiger partial charge in [0.1, 0.15) is 6.04 Å². The second-order valence-electron chi connectivity index (χ2n) is 4.99. The van der Waals surface area contributed by atoms with E-state index >= 15 is 0 Å². The molecule has 2 unspecified atom stereocenters. The Bertz CT molecular complexity index is 472. The average molecular weight is 272 g/mol. The lowest BCUT2D eigenvalue weighted by molar-refractivity contribution is -0.143. The summed E-state index contributed by atoms with van der Waals surface area (Å²) < 4.78 is 1.74. The Morgan fingerprint density at radius 2 is 2.28 bits per heavy atom. The second kappa shape index (κ2) is 4.90. The Hall–Kier alpha value is -1.07. The predicted molar refractivity (Wildman–Crippen MR) is 68.6 cm³/mol. The molecule has 2 atom stereocenters. The number of hydrogen-bond donors (Lipinski definition) is 1. The number of aliphatic carboxylic acids is 1. The van der Waals surface area contributed by atoms with Crippen LogP contribution in [0.5, 0.6) is 0 Å². The fourth-order valence-electron chi connectivity index (χ4n) is 2.65. The van der Waals surface area contributed by atoms with Crippen LogP contribution in [0.25, 0.3) is 0 Å². The van der Waals surface area contributed by atoms with E-state index in [2.05, 4.69) is 5.10 Å². The zero-order valence-electron chi connectivity index (χ0n) is 10.9. The standard InChI is InChI=1S/C12H18ClN3O2/c1-7-4-5-16(11(7)12(17)18)6-9-10(13)8(2)14-15(9)3/h7,11H,4-6H2,1-3H3,(H,17,18). The monoisotopic (exact) mass is 271 g/mol. The van der Waals surface area contributed by atoms with Gasteiger partial charge in [0.05, 0.1) is 16.4 Å². The largest absolute Gasteiger partial charge is 0.480 e. The molecule has 0 radical (unpaired) electrons. The Morgan fingerprint density at radius 3 is 2.78 bits per heavy atom.